The number of ether oxygens (including phenoxy) is 2. The molecule has 0 aliphatic heterocycles. The van der Waals surface area contributed by atoms with Gasteiger partial charge in [-0.2, -0.15) is 0 Å². The van der Waals surface area contributed by atoms with Crippen LogP contribution in [-0.2, 0) is 0 Å². The zero-order valence-corrected chi connectivity index (χ0v) is 19.5. The van der Waals surface area contributed by atoms with Gasteiger partial charge in [-0.15, -0.1) is 24.0 Å². The van der Waals surface area contributed by atoms with E-state index in [1.165, 1.54) is 0 Å². The lowest BCUT2D eigenvalue weighted by molar-refractivity contribution is 0.168. The average molecular weight is 513 g/mol. The van der Waals surface area contributed by atoms with Gasteiger partial charge in [0.25, 0.3) is 0 Å². The Balaban J connectivity index is 0.00000420. The summed E-state index contributed by atoms with van der Waals surface area (Å²) in [6, 6.07) is 17.3. The maximum atomic E-state index is 10.2. The molecule has 6 nitrogen and oxygen atoms in total. The van der Waals surface area contributed by atoms with Gasteiger partial charge in [0, 0.05) is 32.1 Å². The van der Waals surface area contributed by atoms with Crippen molar-refractivity contribution in [3.63, 3.8) is 0 Å². The number of halogens is 1. The Morgan fingerprint density at radius 2 is 1.83 bits per heavy atom. The van der Waals surface area contributed by atoms with E-state index in [0.717, 1.165) is 36.0 Å². The summed E-state index contributed by atoms with van der Waals surface area (Å²) in [6.45, 7) is 4.70. The van der Waals surface area contributed by atoms with Gasteiger partial charge in [0.2, 0.25) is 0 Å². The van der Waals surface area contributed by atoms with E-state index in [2.05, 4.69) is 15.6 Å². The van der Waals surface area contributed by atoms with Crippen LogP contribution in [0.4, 0.5) is 0 Å². The fourth-order valence-electron chi connectivity index (χ4n) is 2.65. The van der Waals surface area contributed by atoms with Gasteiger partial charge in [0.05, 0.1) is 19.8 Å². The number of methoxy groups -OCH3 is 1. The smallest absolute Gasteiger partial charge is 0.191 e. The summed E-state index contributed by atoms with van der Waals surface area (Å²) in [4.78, 5) is 4.56. The van der Waals surface area contributed by atoms with Crippen molar-refractivity contribution in [1.82, 2.24) is 10.6 Å². The third kappa shape index (κ3) is 9.85. The van der Waals surface area contributed by atoms with Crippen molar-refractivity contribution >= 4 is 29.9 Å². The van der Waals surface area contributed by atoms with Crippen LogP contribution < -0.4 is 20.1 Å². The van der Waals surface area contributed by atoms with Crippen LogP contribution in [0.5, 0.6) is 11.5 Å². The number of rotatable bonds is 11. The zero-order chi connectivity index (χ0) is 20.0. The van der Waals surface area contributed by atoms with Crippen molar-refractivity contribution in [1.29, 1.82) is 0 Å². The van der Waals surface area contributed by atoms with Crippen LogP contribution in [0.15, 0.2) is 59.6 Å². The molecule has 2 aromatic rings. The quantitative estimate of drug-likeness (QED) is 0.185. The summed E-state index contributed by atoms with van der Waals surface area (Å²) < 4.78 is 10.9. The maximum absolute atomic E-state index is 10.2. The molecule has 3 N–H and O–H groups in total. The molecule has 7 heteroatoms. The van der Waals surface area contributed by atoms with E-state index in [0.29, 0.717) is 26.1 Å². The van der Waals surface area contributed by atoms with Gasteiger partial charge >= 0.3 is 0 Å². The summed E-state index contributed by atoms with van der Waals surface area (Å²) in [5.41, 5.74) is 0.931. The lowest BCUT2D eigenvalue weighted by Gasteiger charge is -2.14. The minimum atomic E-state index is -0.479. The summed E-state index contributed by atoms with van der Waals surface area (Å²) in [5, 5.41) is 16.7. The highest BCUT2D eigenvalue weighted by Crippen LogP contribution is 2.18. The molecule has 0 aromatic heterocycles. The van der Waals surface area contributed by atoms with E-state index >= 15 is 0 Å². The molecule has 0 spiro atoms. The van der Waals surface area contributed by atoms with Crippen LogP contribution in [0.2, 0.25) is 0 Å². The third-order valence-corrected chi connectivity index (χ3v) is 4.12. The van der Waals surface area contributed by atoms with Crippen molar-refractivity contribution in [3.8, 4) is 11.5 Å². The molecule has 0 heterocycles. The highest BCUT2D eigenvalue weighted by Gasteiger charge is 2.07. The molecule has 1 atom stereocenters. The van der Waals surface area contributed by atoms with E-state index in [1.807, 2.05) is 61.5 Å². The molecule has 0 amide bonds. The number of aliphatic hydroxyl groups is 1. The molecule has 0 bridgehead atoms. The number of hydrogen-bond acceptors (Lipinski definition) is 4. The SMILES string of the molecule is CCNC(=NCCCOc1cccc(OC)c1)NCCC(O)c1ccccc1.I. The standard InChI is InChI=1S/C22H31N3O3.HI/c1-3-23-22(25-15-13-21(26)18-9-5-4-6-10-18)24-14-8-16-28-20-12-7-11-19(17-20)27-2;/h4-7,9-12,17,21,26H,3,8,13-16H2,1-2H3,(H2,23,24,25);1H. The number of nitrogens with zero attached hydrogens (tertiary/aromatic N) is 1. The second-order valence-electron chi connectivity index (χ2n) is 6.28. The van der Waals surface area contributed by atoms with E-state index < -0.39 is 6.10 Å². The monoisotopic (exact) mass is 513 g/mol. The van der Waals surface area contributed by atoms with Crippen LogP contribution in [0.1, 0.15) is 31.4 Å². The van der Waals surface area contributed by atoms with Crippen molar-refractivity contribution in [2.45, 2.75) is 25.9 Å². The number of nitrogens with one attached hydrogen (secondary N) is 2. The van der Waals surface area contributed by atoms with Crippen molar-refractivity contribution in [2.75, 3.05) is 33.4 Å². The molecule has 1 unspecified atom stereocenters. The van der Waals surface area contributed by atoms with Gasteiger partial charge in [-0.3, -0.25) is 4.99 Å². The lowest BCUT2D eigenvalue weighted by atomic mass is 10.1. The minimum Gasteiger partial charge on any atom is -0.497 e. The summed E-state index contributed by atoms with van der Waals surface area (Å²) in [7, 11) is 1.64. The largest absolute Gasteiger partial charge is 0.497 e. The highest BCUT2D eigenvalue weighted by atomic mass is 127. The Labute approximate surface area is 190 Å². The van der Waals surface area contributed by atoms with E-state index in [4.69, 9.17) is 9.47 Å². The number of benzene rings is 2. The Morgan fingerprint density at radius 1 is 1.07 bits per heavy atom. The van der Waals surface area contributed by atoms with Crippen molar-refractivity contribution in [2.24, 2.45) is 4.99 Å². The van der Waals surface area contributed by atoms with Crippen molar-refractivity contribution in [3.05, 3.63) is 60.2 Å². The molecule has 0 saturated carbocycles. The molecule has 0 aliphatic carbocycles. The topological polar surface area (TPSA) is 75.1 Å². The van der Waals surface area contributed by atoms with Crippen LogP contribution in [0.3, 0.4) is 0 Å². The first kappa shape index (κ1) is 25.0. The summed E-state index contributed by atoms with van der Waals surface area (Å²) in [5.74, 6) is 2.33. The predicted molar refractivity (Wildman–Crippen MR) is 129 cm³/mol. The first-order valence-corrected chi connectivity index (χ1v) is 9.75. The van der Waals surface area contributed by atoms with Crippen LogP contribution >= 0.6 is 24.0 Å². The minimum absolute atomic E-state index is 0. The number of hydrogen-bond donors (Lipinski definition) is 3. The first-order chi connectivity index (χ1) is 13.7. The fraction of sp³-hybridized carbons (Fsp3) is 0.409. The van der Waals surface area contributed by atoms with Gasteiger partial charge in [0.1, 0.15) is 11.5 Å². The first-order valence-electron chi connectivity index (χ1n) is 9.75. The van der Waals surface area contributed by atoms with Gasteiger partial charge in [0.15, 0.2) is 5.96 Å². The van der Waals surface area contributed by atoms with Gasteiger partial charge in [-0.05, 0) is 31.0 Å². The molecular weight excluding hydrogens is 481 g/mol. The predicted octanol–water partition coefficient (Wildman–Crippen LogP) is 3.76. The molecule has 0 aliphatic rings. The lowest BCUT2D eigenvalue weighted by Crippen LogP contribution is -2.38. The van der Waals surface area contributed by atoms with Gasteiger partial charge < -0.3 is 25.2 Å². The van der Waals surface area contributed by atoms with Crippen LogP contribution in [0, 0.1) is 0 Å². The molecule has 2 aromatic carbocycles. The fourth-order valence-corrected chi connectivity index (χ4v) is 2.65. The second kappa shape index (κ2) is 14.9. The van der Waals surface area contributed by atoms with E-state index in [-0.39, 0.29) is 24.0 Å². The average Bonchev–Trinajstić information content (AvgIpc) is 2.74. The van der Waals surface area contributed by atoms with Crippen LogP contribution in [0.25, 0.3) is 0 Å². The maximum Gasteiger partial charge on any atom is 0.191 e. The third-order valence-electron chi connectivity index (χ3n) is 4.12. The molecule has 0 radical (unpaired) electrons. The highest BCUT2D eigenvalue weighted by molar-refractivity contribution is 14.0. The van der Waals surface area contributed by atoms with Gasteiger partial charge in [-0.1, -0.05) is 36.4 Å². The number of aliphatic imine (C=N–C) groups is 1. The number of aliphatic hydroxyl groups excluding tert-OH is 1. The Kier molecular flexibility index (Phi) is 12.9. The van der Waals surface area contributed by atoms with Gasteiger partial charge in [-0.25, -0.2) is 0 Å². The summed E-state index contributed by atoms with van der Waals surface area (Å²) in [6.07, 6.45) is 0.946. The second-order valence-corrected chi connectivity index (χ2v) is 6.28. The number of guanidine groups is 1. The Hall–Kier alpha value is -2.00. The van der Waals surface area contributed by atoms with E-state index in [9.17, 15) is 5.11 Å². The summed E-state index contributed by atoms with van der Waals surface area (Å²) >= 11 is 0. The zero-order valence-electron chi connectivity index (χ0n) is 17.1. The molecule has 2 rings (SSSR count). The Bertz CT molecular complexity index is 713. The Morgan fingerprint density at radius 3 is 2.55 bits per heavy atom. The van der Waals surface area contributed by atoms with E-state index in [1.54, 1.807) is 7.11 Å². The molecule has 0 fully saturated rings. The van der Waals surface area contributed by atoms with Crippen molar-refractivity contribution < 1.29 is 14.6 Å². The van der Waals surface area contributed by atoms with Crippen LogP contribution in [-0.4, -0.2) is 44.4 Å². The normalized spacial score (nSPS) is 11.9. The molecular formula is C22H32IN3O3. The molecule has 0 saturated heterocycles. The molecule has 29 heavy (non-hydrogen) atoms. The molecule has 160 valence electrons.